The van der Waals surface area contributed by atoms with Crippen molar-refractivity contribution >= 4 is 23.2 Å². The van der Waals surface area contributed by atoms with Crippen LogP contribution in [0.4, 0.5) is 4.39 Å². The average Bonchev–Trinajstić information content (AvgIpc) is 2.98. The first kappa shape index (κ1) is 29.9. The Morgan fingerprint density at radius 1 is 1.10 bits per heavy atom. The monoisotopic (exact) mass is 566 g/mol. The third kappa shape index (κ3) is 3.95. The van der Waals surface area contributed by atoms with Gasteiger partial charge in [-0.25, -0.2) is 8.97 Å². The zero-order valence-electron chi connectivity index (χ0n) is 26.8. The van der Waals surface area contributed by atoms with E-state index in [2.05, 4.69) is 106 Å². The largest absolute Gasteiger partial charge is 0.260 e. The highest BCUT2D eigenvalue weighted by molar-refractivity contribution is 6.01. The van der Waals surface area contributed by atoms with Crippen LogP contribution in [0.15, 0.2) is 72.2 Å². The van der Waals surface area contributed by atoms with Crippen LogP contribution in [0.5, 0.6) is 0 Å². The fourth-order valence-electron chi connectivity index (χ4n) is 8.20. The lowest BCUT2D eigenvalue weighted by atomic mass is 9.55. The summed E-state index contributed by atoms with van der Waals surface area (Å²) in [6.45, 7) is 24.4. The Morgan fingerprint density at radius 2 is 1.83 bits per heavy atom. The van der Waals surface area contributed by atoms with Crippen LogP contribution in [-0.2, 0) is 16.4 Å². The summed E-state index contributed by atoms with van der Waals surface area (Å²) in [5, 5.41) is 8.77. The summed E-state index contributed by atoms with van der Waals surface area (Å²) in [7, 11) is 2.02. The van der Waals surface area contributed by atoms with Crippen molar-refractivity contribution in [3.05, 3.63) is 89.7 Å². The van der Waals surface area contributed by atoms with E-state index >= 15 is 4.39 Å². The lowest BCUT2D eigenvalue weighted by Gasteiger charge is -2.51. The maximum atomic E-state index is 16.0. The molecule has 0 N–H and O–H groups in total. The molecule has 0 saturated carbocycles. The molecule has 2 aliphatic rings. The highest BCUT2D eigenvalue weighted by Crippen LogP contribution is 2.58. The van der Waals surface area contributed by atoms with Crippen LogP contribution in [0.1, 0.15) is 90.8 Å². The lowest BCUT2D eigenvalue weighted by Crippen LogP contribution is -2.69. The Bertz CT molecular complexity index is 1660. The molecule has 0 saturated heterocycles. The molecule has 1 aliphatic carbocycles. The first-order valence-corrected chi connectivity index (χ1v) is 15.4. The number of benzene rings is 2. The van der Waals surface area contributed by atoms with E-state index in [1.807, 2.05) is 31.3 Å². The van der Waals surface area contributed by atoms with E-state index in [1.165, 1.54) is 27.6 Å². The molecule has 3 aromatic rings. The molecule has 220 valence electrons. The van der Waals surface area contributed by atoms with Crippen LogP contribution >= 0.6 is 0 Å². The number of hydrogen-bond acceptors (Lipinski definition) is 2. The third-order valence-corrected chi connectivity index (χ3v) is 10.8. The maximum absolute atomic E-state index is 16.0. The normalized spacial score (nSPS) is 22.3. The van der Waals surface area contributed by atoms with Gasteiger partial charge in [0.05, 0.1) is 16.4 Å². The van der Waals surface area contributed by atoms with E-state index < -0.39 is 5.41 Å². The summed E-state index contributed by atoms with van der Waals surface area (Å²) in [5.74, 6) is -0.114. The average molecular weight is 567 g/mol. The SMILES string of the molecule is C=NN(CCCC1(CC)c2ccc(F)c3c2-c2c4c(cccc4cc[n+]2C1(C)CC)C3(C)C)C(=C)C(C)=[N+](C)C=CC. The first-order chi connectivity index (χ1) is 19.9. The van der Waals surface area contributed by atoms with Gasteiger partial charge in [-0.3, -0.25) is 5.01 Å². The first-order valence-electron chi connectivity index (χ1n) is 15.4. The molecule has 42 heavy (non-hydrogen) atoms. The third-order valence-electron chi connectivity index (χ3n) is 10.8. The summed E-state index contributed by atoms with van der Waals surface area (Å²) in [6.07, 6.45) is 10.0. The molecule has 0 radical (unpaired) electrons. The number of halogens is 1. The number of aromatic nitrogens is 1. The lowest BCUT2D eigenvalue weighted by molar-refractivity contribution is -0.765. The fraction of sp³-hybridized carbons (Fsp3) is 0.432. The molecule has 0 spiro atoms. The Balaban J connectivity index is 1.67. The van der Waals surface area contributed by atoms with Crippen molar-refractivity contribution in [2.75, 3.05) is 13.6 Å². The van der Waals surface area contributed by atoms with E-state index in [9.17, 15) is 0 Å². The molecule has 5 rings (SSSR count). The molecule has 2 heterocycles. The van der Waals surface area contributed by atoms with Gasteiger partial charge in [-0.2, -0.15) is 9.67 Å². The second kappa shape index (κ2) is 10.6. The van der Waals surface area contributed by atoms with Crippen molar-refractivity contribution in [2.45, 2.75) is 90.5 Å². The van der Waals surface area contributed by atoms with Gasteiger partial charge in [0, 0.05) is 50.6 Å². The van der Waals surface area contributed by atoms with Gasteiger partial charge in [0.15, 0.2) is 17.9 Å². The Labute approximate surface area is 251 Å². The summed E-state index contributed by atoms with van der Waals surface area (Å²) in [6, 6.07) is 12.6. The van der Waals surface area contributed by atoms with Gasteiger partial charge in [0.1, 0.15) is 18.6 Å². The second-order valence-electron chi connectivity index (χ2n) is 12.8. The van der Waals surface area contributed by atoms with Crippen LogP contribution in [0.2, 0.25) is 0 Å². The summed E-state index contributed by atoms with van der Waals surface area (Å²) in [4.78, 5) is 0. The summed E-state index contributed by atoms with van der Waals surface area (Å²) < 4.78 is 20.6. The van der Waals surface area contributed by atoms with E-state index in [-0.39, 0.29) is 16.8 Å². The van der Waals surface area contributed by atoms with Crippen molar-refractivity contribution < 1.29 is 13.5 Å². The van der Waals surface area contributed by atoms with Crippen molar-refractivity contribution in [1.29, 1.82) is 0 Å². The number of pyridine rings is 1. The van der Waals surface area contributed by atoms with Gasteiger partial charge in [-0.05, 0) is 54.8 Å². The van der Waals surface area contributed by atoms with Crippen LogP contribution in [0, 0.1) is 5.82 Å². The van der Waals surface area contributed by atoms with Crippen LogP contribution in [0.25, 0.3) is 22.0 Å². The molecule has 1 aliphatic heterocycles. The molecule has 0 amide bonds. The minimum atomic E-state index is -0.450. The highest BCUT2D eigenvalue weighted by Gasteiger charge is 2.61. The molecule has 5 heteroatoms. The Hall–Kier alpha value is -3.60. The van der Waals surface area contributed by atoms with Crippen LogP contribution in [0.3, 0.4) is 0 Å². The zero-order chi connectivity index (χ0) is 30.6. The number of rotatable bonds is 10. The van der Waals surface area contributed by atoms with Gasteiger partial charge in [0.2, 0.25) is 11.4 Å². The molecule has 2 atom stereocenters. The molecule has 1 aromatic heterocycles. The molecular weight excluding hydrogens is 519 g/mol. The van der Waals surface area contributed by atoms with Gasteiger partial charge >= 0.3 is 0 Å². The highest BCUT2D eigenvalue weighted by atomic mass is 19.1. The smallest absolute Gasteiger partial charge is 0.221 e. The van der Waals surface area contributed by atoms with Gasteiger partial charge in [0.25, 0.3) is 0 Å². The molecule has 4 nitrogen and oxygen atoms in total. The minimum absolute atomic E-state index is 0.114. The molecule has 0 bridgehead atoms. The molecule has 2 unspecified atom stereocenters. The van der Waals surface area contributed by atoms with Crippen molar-refractivity contribution in [3.63, 3.8) is 0 Å². The van der Waals surface area contributed by atoms with Crippen molar-refractivity contribution in [3.8, 4) is 11.3 Å². The number of nitrogens with zero attached hydrogens (tertiary/aromatic N) is 4. The summed E-state index contributed by atoms with van der Waals surface area (Å²) >= 11 is 0. The molecule has 0 fully saturated rings. The zero-order valence-corrected chi connectivity index (χ0v) is 26.8. The summed E-state index contributed by atoms with van der Waals surface area (Å²) in [5.41, 5.74) is 6.62. The standard InChI is InChI=1S/C37H47FN4/c1-11-22-40(10)25(4)26(5)42(39-9)23-15-21-37(13-3)29-18-19-30(38)33-32(29)34-31-27(16-14-17-28(31)35(33,6)7)20-24-41(34)36(37,8)12-2/h11,14,16-20,22,24H,5,9,12-13,15,21,23H2,1-4,6-8,10H3/q+2. The van der Waals surface area contributed by atoms with E-state index in [1.54, 1.807) is 6.07 Å². The topological polar surface area (TPSA) is 22.5 Å². The van der Waals surface area contributed by atoms with Crippen molar-refractivity contribution in [1.82, 2.24) is 5.01 Å². The predicted molar refractivity (Wildman–Crippen MR) is 174 cm³/mol. The molecular formula is C37H47FN4+2. The number of allylic oxidation sites excluding steroid dienone is 2. The van der Waals surface area contributed by atoms with Gasteiger partial charge in [-0.1, -0.05) is 58.5 Å². The van der Waals surface area contributed by atoms with Gasteiger partial charge in [-0.15, -0.1) is 0 Å². The number of hydrazone groups is 1. The second-order valence-corrected chi connectivity index (χ2v) is 12.8. The predicted octanol–water partition coefficient (Wildman–Crippen LogP) is 8.21. The Morgan fingerprint density at radius 3 is 2.48 bits per heavy atom. The fourth-order valence-corrected chi connectivity index (χ4v) is 8.20. The number of hydrogen-bond donors (Lipinski definition) is 0. The Kier molecular flexibility index (Phi) is 7.53. The maximum Gasteiger partial charge on any atom is 0.221 e. The molecule has 2 aromatic carbocycles. The van der Waals surface area contributed by atoms with E-state index in [0.717, 1.165) is 48.2 Å². The van der Waals surface area contributed by atoms with E-state index in [4.69, 9.17) is 0 Å². The van der Waals surface area contributed by atoms with Crippen LogP contribution in [-0.4, -0.2) is 35.6 Å². The van der Waals surface area contributed by atoms with E-state index in [0.29, 0.717) is 6.54 Å². The van der Waals surface area contributed by atoms with Crippen molar-refractivity contribution in [2.24, 2.45) is 5.10 Å². The minimum Gasteiger partial charge on any atom is -0.260 e. The van der Waals surface area contributed by atoms with Crippen LogP contribution < -0.4 is 4.57 Å². The quantitative estimate of drug-likeness (QED) is 0.138. The van der Waals surface area contributed by atoms with Gasteiger partial charge < -0.3 is 0 Å².